The highest BCUT2D eigenvalue weighted by atomic mass is 14.3. The predicted octanol–water partition coefficient (Wildman–Crippen LogP) is 4.42. The highest BCUT2D eigenvalue weighted by molar-refractivity contribution is 4.97. The Bertz CT molecular complexity index is 133. The summed E-state index contributed by atoms with van der Waals surface area (Å²) in [7, 11) is 0. The lowest BCUT2D eigenvalue weighted by molar-refractivity contribution is 0.267. The van der Waals surface area contributed by atoms with E-state index in [2.05, 4.69) is 46.8 Å². The first-order chi connectivity index (χ1) is 5.56. The van der Waals surface area contributed by atoms with Crippen LogP contribution < -0.4 is 0 Å². The van der Waals surface area contributed by atoms with Crippen LogP contribution in [-0.4, -0.2) is 0 Å². The SMILES string of the molecule is C/C=C/C(C)(CCCC)C(C)C. The van der Waals surface area contributed by atoms with E-state index >= 15 is 0 Å². The van der Waals surface area contributed by atoms with Crippen molar-refractivity contribution >= 4 is 0 Å². The van der Waals surface area contributed by atoms with Gasteiger partial charge in [-0.3, -0.25) is 0 Å². The summed E-state index contributed by atoms with van der Waals surface area (Å²) in [6.07, 6.45) is 8.54. The summed E-state index contributed by atoms with van der Waals surface area (Å²) in [4.78, 5) is 0. The van der Waals surface area contributed by atoms with Gasteiger partial charge in [0, 0.05) is 0 Å². The number of hydrogen-bond donors (Lipinski definition) is 0. The first-order valence-corrected chi connectivity index (χ1v) is 5.20. The molecule has 0 amide bonds. The smallest absolute Gasteiger partial charge is 0.0124 e. The second kappa shape index (κ2) is 5.40. The molecule has 12 heavy (non-hydrogen) atoms. The van der Waals surface area contributed by atoms with E-state index in [1.807, 2.05) is 0 Å². The zero-order valence-electron chi connectivity index (χ0n) is 9.35. The number of rotatable bonds is 5. The Kier molecular flexibility index (Phi) is 5.28. The van der Waals surface area contributed by atoms with Crippen molar-refractivity contribution in [3.63, 3.8) is 0 Å². The van der Waals surface area contributed by atoms with Crippen molar-refractivity contribution in [2.45, 2.75) is 53.9 Å². The number of hydrogen-bond acceptors (Lipinski definition) is 0. The quantitative estimate of drug-likeness (QED) is 0.533. The van der Waals surface area contributed by atoms with E-state index in [-0.39, 0.29) is 0 Å². The monoisotopic (exact) mass is 168 g/mol. The molecule has 0 bridgehead atoms. The Morgan fingerprint density at radius 3 is 2.25 bits per heavy atom. The minimum absolute atomic E-state index is 0.421. The lowest BCUT2D eigenvalue weighted by Crippen LogP contribution is -2.20. The Morgan fingerprint density at radius 1 is 1.33 bits per heavy atom. The van der Waals surface area contributed by atoms with Crippen LogP contribution in [0.1, 0.15) is 53.9 Å². The number of unbranched alkanes of at least 4 members (excludes halogenated alkanes) is 1. The molecule has 0 saturated carbocycles. The van der Waals surface area contributed by atoms with Gasteiger partial charge in [0.05, 0.1) is 0 Å². The first kappa shape index (κ1) is 11.7. The van der Waals surface area contributed by atoms with Gasteiger partial charge in [-0.15, -0.1) is 0 Å². The van der Waals surface area contributed by atoms with E-state index in [0.717, 1.165) is 5.92 Å². The van der Waals surface area contributed by atoms with E-state index in [1.54, 1.807) is 0 Å². The molecule has 0 aromatic carbocycles. The molecule has 0 aliphatic carbocycles. The average molecular weight is 168 g/mol. The topological polar surface area (TPSA) is 0 Å². The van der Waals surface area contributed by atoms with Crippen molar-refractivity contribution in [1.82, 2.24) is 0 Å². The van der Waals surface area contributed by atoms with E-state index < -0.39 is 0 Å². The van der Waals surface area contributed by atoms with Crippen LogP contribution in [0.5, 0.6) is 0 Å². The van der Waals surface area contributed by atoms with Crippen molar-refractivity contribution in [3.8, 4) is 0 Å². The van der Waals surface area contributed by atoms with Gasteiger partial charge in [0.1, 0.15) is 0 Å². The minimum Gasteiger partial charge on any atom is -0.0911 e. The molecule has 0 spiro atoms. The summed E-state index contributed by atoms with van der Waals surface area (Å²) in [6, 6.07) is 0. The Morgan fingerprint density at radius 2 is 1.92 bits per heavy atom. The van der Waals surface area contributed by atoms with E-state index in [0.29, 0.717) is 5.41 Å². The second-order valence-electron chi connectivity index (χ2n) is 4.26. The van der Waals surface area contributed by atoms with Crippen molar-refractivity contribution in [1.29, 1.82) is 0 Å². The lowest BCUT2D eigenvalue weighted by atomic mass is 9.75. The van der Waals surface area contributed by atoms with Crippen LogP contribution in [0.25, 0.3) is 0 Å². The zero-order valence-corrected chi connectivity index (χ0v) is 9.35. The van der Waals surface area contributed by atoms with E-state index in [4.69, 9.17) is 0 Å². The third kappa shape index (κ3) is 3.42. The number of allylic oxidation sites excluding steroid dienone is 2. The third-order valence-corrected chi connectivity index (χ3v) is 2.94. The van der Waals surface area contributed by atoms with Crippen molar-refractivity contribution in [2.75, 3.05) is 0 Å². The van der Waals surface area contributed by atoms with Crippen LogP contribution in [0.2, 0.25) is 0 Å². The van der Waals surface area contributed by atoms with Crippen LogP contribution in [0.3, 0.4) is 0 Å². The molecule has 0 heterocycles. The average Bonchev–Trinajstić information content (AvgIpc) is 2.01. The molecular formula is C12H24. The molecule has 0 N–H and O–H groups in total. The molecule has 0 aliphatic rings. The van der Waals surface area contributed by atoms with Crippen molar-refractivity contribution in [3.05, 3.63) is 12.2 Å². The fourth-order valence-corrected chi connectivity index (χ4v) is 1.50. The van der Waals surface area contributed by atoms with Crippen molar-refractivity contribution in [2.24, 2.45) is 11.3 Å². The molecule has 1 unspecified atom stereocenters. The minimum atomic E-state index is 0.421. The molecule has 1 atom stereocenters. The van der Waals surface area contributed by atoms with Gasteiger partial charge < -0.3 is 0 Å². The molecule has 72 valence electrons. The molecule has 0 radical (unpaired) electrons. The van der Waals surface area contributed by atoms with E-state index in [9.17, 15) is 0 Å². The highest BCUT2D eigenvalue weighted by Crippen LogP contribution is 2.34. The molecule has 0 fully saturated rings. The highest BCUT2D eigenvalue weighted by Gasteiger charge is 2.23. The molecule has 0 rings (SSSR count). The standard InChI is InChI=1S/C12H24/c1-6-8-10-12(5,9-7-2)11(3)4/h7,9,11H,6,8,10H2,1-5H3/b9-7+. The molecular weight excluding hydrogens is 144 g/mol. The van der Waals surface area contributed by atoms with Crippen LogP contribution in [0.4, 0.5) is 0 Å². The van der Waals surface area contributed by atoms with Gasteiger partial charge in [0.25, 0.3) is 0 Å². The predicted molar refractivity (Wildman–Crippen MR) is 57.3 cm³/mol. The van der Waals surface area contributed by atoms with Crippen LogP contribution in [0.15, 0.2) is 12.2 Å². The summed E-state index contributed by atoms with van der Waals surface area (Å²) in [5.41, 5.74) is 0.421. The van der Waals surface area contributed by atoms with Gasteiger partial charge in [0.2, 0.25) is 0 Å². The second-order valence-corrected chi connectivity index (χ2v) is 4.26. The maximum Gasteiger partial charge on any atom is -0.0124 e. The fourth-order valence-electron chi connectivity index (χ4n) is 1.50. The molecule has 0 nitrogen and oxygen atoms in total. The van der Waals surface area contributed by atoms with Crippen LogP contribution in [-0.2, 0) is 0 Å². The van der Waals surface area contributed by atoms with Crippen molar-refractivity contribution < 1.29 is 0 Å². The Balaban J connectivity index is 4.18. The fraction of sp³-hybridized carbons (Fsp3) is 0.833. The van der Waals surface area contributed by atoms with E-state index in [1.165, 1.54) is 19.3 Å². The zero-order chi connectivity index (χ0) is 9.61. The molecule has 0 aromatic rings. The maximum atomic E-state index is 2.37. The maximum absolute atomic E-state index is 2.37. The lowest BCUT2D eigenvalue weighted by Gasteiger charge is -2.30. The third-order valence-electron chi connectivity index (χ3n) is 2.94. The Hall–Kier alpha value is -0.260. The summed E-state index contributed by atoms with van der Waals surface area (Å²) >= 11 is 0. The Labute approximate surface area is 78.1 Å². The van der Waals surface area contributed by atoms with Crippen LogP contribution in [0, 0.1) is 11.3 Å². The summed E-state index contributed by atoms with van der Waals surface area (Å²) in [5.74, 6) is 0.750. The van der Waals surface area contributed by atoms with Gasteiger partial charge in [-0.25, -0.2) is 0 Å². The summed E-state index contributed by atoms with van der Waals surface area (Å²) < 4.78 is 0. The largest absolute Gasteiger partial charge is 0.0911 e. The first-order valence-electron chi connectivity index (χ1n) is 5.20. The normalized spacial score (nSPS) is 17.2. The van der Waals surface area contributed by atoms with Gasteiger partial charge in [-0.05, 0) is 24.7 Å². The molecule has 0 aromatic heterocycles. The van der Waals surface area contributed by atoms with Gasteiger partial charge in [0.15, 0.2) is 0 Å². The molecule has 0 heteroatoms. The molecule has 0 saturated heterocycles. The summed E-state index contributed by atoms with van der Waals surface area (Å²) in [5, 5.41) is 0. The molecule has 0 aliphatic heterocycles. The summed E-state index contributed by atoms with van der Waals surface area (Å²) in [6.45, 7) is 11.4. The van der Waals surface area contributed by atoms with Gasteiger partial charge >= 0.3 is 0 Å². The van der Waals surface area contributed by atoms with Gasteiger partial charge in [-0.1, -0.05) is 52.7 Å². The van der Waals surface area contributed by atoms with Crippen LogP contribution >= 0.6 is 0 Å². The van der Waals surface area contributed by atoms with Gasteiger partial charge in [-0.2, -0.15) is 0 Å².